The van der Waals surface area contributed by atoms with Crippen LogP contribution in [0.15, 0.2) is 22.7 Å². The van der Waals surface area contributed by atoms with Gasteiger partial charge in [0, 0.05) is 11.0 Å². The van der Waals surface area contributed by atoms with E-state index < -0.39 is 0 Å². The van der Waals surface area contributed by atoms with Crippen LogP contribution in [0, 0.1) is 5.92 Å². The van der Waals surface area contributed by atoms with Gasteiger partial charge in [-0.05, 0) is 72.0 Å². The van der Waals surface area contributed by atoms with Crippen molar-refractivity contribution in [3.8, 4) is 0 Å². The highest BCUT2D eigenvalue weighted by molar-refractivity contribution is 9.10. The molecule has 1 saturated heterocycles. The molecule has 0 spiro atoms. The molecule has 0 bridgehead atoms. The predicted octanol–water partition coefficient (Wildman–Crippen LogP) is 3.27. The number of hydrogen-bond donors (Lipinski definition) is 1. The van der Waals surface area contributed by atoms with Crippen molar-refractivity contribution in [1.29, 1.82) is 0 Å². The molecule has 17 heavy (non-hydrogen) atoms. The highest BCUT2D eigenvalue weighted by atomic mass is 79.9. The average Bonchev–Trinajstić information content (AvgIpc) is 2.35. The minimum Gasteiger partial charge on any atom is -0.330 e. The summed E-state index contributed by atoms with van der Waals surface area (Å²) in [5.74, 6) is 0.722. The van der Waals surface area contributed by atoms with Gasteiger partial charge < -0.3 is 5.73 Å². The van der Waals surface area contributed by atoms with Gasteiger partial charge in [-0.2, -0.15) is 0 Å². The molecule has 2 N–H and O–H groups in total. The number of hydrogen-bond acceptors (Lipinski definition) is 2. The first-order valence-electron chi connectivity index (χ1n) is 6.05. The Balaban J connectivity index is 1.91. The summed E-state index contributed by atoms with van der Waals surface area (Å²) >= 11 is 9.51. The van der Waals surface area contributed by atoms with Crippen molar-refractivity contribution in [1.82, 2.24) is 4.90 Å². The van der Waals surface area contributed by atoms with Gasteiger partial charge in [-0.1, -0.05) is 17.7 Å². The summed E-state index contributed by atoms with van der Waals surface area (Å²) in [7, 11) is 0. The molecule has 0 amide bonds. The van der Waals surface area contributed by atoms with E-state index in [0.717, 1.165) is 41.6 Å². The first-order valence-corrected chi connectivity index (χ1v) is 7.22. The monoisotopic (exact) mass is 316 g/mol. The molecule has 94 valence electrons. The SMILES string of the molecule is NCC1CCN(Cc2ccc(Br)c(Cl)c2)CC1. The van der Waals surface area contributed by atoms with Gasteiger partial charge in [0.05, 0.1) is 5.02 Å². The van der Waals surface area contributed by atoms with Crippen molar-refractivity contribution in [3.05, 3.63) is 33.3 Å². The van der Waals surface area contributed by atoms with Crippen LogP contribution in [0.5, 0.6) is 0 Å². The molecule has 1 aromatic carbocycles. The molecule has 0 unspecified atom stereocenters. The molecule has 0 atom stereocenters. The Bertz CT molecular complexity index is 376. The van der Waals surface area contributed by atoms with Crippen LogP contribution < -0.4 is 5.73 Å². The predicted molar refractivity (Wildman–Crippen MR) is 76.2 cm³/mol. The van der Waals surface area contributed by atoms with E-state index in [1.165, 1.54) is 18.4 Å². The van der Waals surface area contributed by atoms with Crippen LogP contribution in [-0.2, 0) is 6.54 Å². The quantitative estimate of drug-likeness (QED) is 0.927. The number of rotatable bonds is 3. The highest BCUT2D eigenvalue weighted by Crippen LogP contribution is 2.25. The Morgan fingerprint density at radius 3 is 2.65 bits per heavy atom. The van der Waals surface area contributed by atoms with Crippen LogP contribution in [0.1, 0.15) is 18.4 Å². The van der Waals surface area contributed by atoms with Crippen LogP contribution >= 0.6 is 27.5 Å². The number of piperidine rings is 1. The fourth-order valence-electron chi connectivity index (χ4n) is 2.28. The molecule has 2 nitrogen and oxygen atoms in total. The summed E-state index contributed by atoms with van der Waals surface area (Å²) in [4.78, 5) is 2.48. The Morgan fingerprint density at radius 2 is 2.06 bits per heavy atom. The molecule has 1 aliphatic rings. The molecule has 1 fully saturated rings. The van der Waals surface area contributed by atoms with Crippen LogP contribution in [0.25, 0.3) is 0 Å². The van der Waals surface area contributed by atoms with E-state index in [1.807, 2.05) is 12.1 Å². The van der Waals surface area contributed by atoms with E-state index in [9.17, 15) is 0 Å². The van der Waals surface area contributed by atoms with Gasteiger partial charge in [-0.3, -0.25) is 4.90 Å². The van der Waals surface area contributed by atoms with Gasteiger partial charge in [0.1, 0.15) is 0 Å². The van der Waals surface area contributed by atoms with Crippen molar-refractivity contribution in [2.45, 2.75) is 19.4 Å². The zero-order valence-corrected chi connectivity index (χ0v) is 12.2. The summed E-state index contributed by atoms with van der Waals surface area (Å²) in [6, 6.07) is 6.19. The fourth-order valence-corrected chi connectivity index (χ4v) is 2.73. The van der Waals surface area contributed by atoms with Gasteiger partial charge in [0.25, 0.3) is 0 Å². The Morgan fingerprint density at radius 1 is 1.35 bits per heavy atom. The maximum Gasteiger partial charge on any atom is 0.0551 e. The normalized spacial score (nSPS) is 18.5. The van der Waals surface area contributed by atoms with E-state index in [2.05, 4.69) is 26.9 Å². The zero-order valence-electron chi connectivity index (χ0n) is 9.83. The van der Waals surface area contributed by atoms with Crippen molar-refractivity contribution in [2.24, 2.45) is 11.7 Å². The minimum atomic E-state index is 0.722. The Kier molecular flexibility index (Phi) is 4.86. The van der Waals surface area contributed by atoms with Crippen molar-refractivity contribution < 1.29 is 0 Å². The van der Waals surface area contributed by atoms with E-state index in [4.69, 9.17) is 17.3 Å². The second-order valence-corrected chi connectivity index (χ2v) is 5.97. The van der Waals surface area contributed by atoms with Gasteiger partial charge in [-0.25, -0.2) is 0 Å². The van der Waals surface area contributed by atoms with Crippen molar-refractivity contribution in [2.75, 3.05) is 19.6 Å². The molecular weight excluding hydrogens is 300 g/mol. The maximum absolute atomic E-state index is 6.10. The third kappa shape index (κ3) is 3.68. The van der Waals surface area contributed by atoms with E-state index >= 15 is 0 Å². The van der Waals surface area contributed by atoms with E-state index in [1.54, 1.807) is 0 Å². The second kappa shape index (κ2) is 6.19. The molecule has 0 radical (unpaired) electrons. The number of nitrogens with zero attached hydrogens (tertiary/aromatic N) is 1. The number of benzene rings is 1. The molecular formula is C13H18BrClN2. The lowest BCUT2D eigenvalue weighted by atomic mass is 9.97. The van der Waals surface area contributed by atoms with Crippen molar-refractivity contribution >= 4 is 27.5 Å². The van der Waals surface area contributed by atoms with Crippen LogP contribution in [-0.4, -0.2) is 24.5 Å². The number of likely N-dealkylation sites (tertiary alicyclic amines) is 1. The molecule has 0 aromatic heterocycles. The third-order valence-electron chi connectivity index (χ3n) is 3.43. The lowest BCUT2D eigenvalue weighted by Gasteiger charge is -2.31. The lowest BCUT2D eigenvalue weighted by Crippen LogP contribution is -2.35. The summed E-state index contributed by atoms with van der Waals surface area (Å²) < 4.78 is 0.963. The zero-order chi connectivity index (χ0) is 12.3. The number of nitrogens with two attached hydrogens (primary N) is 1. The molecule has 0 saturated carbocycles. The molecule has 4 heteroatoms. The average molecular weight is 318 g/mol. The maximum atomic E-state index is 6.10. The molecule has 1 aliphatic heterocycles. The Labute approximate surface area is 116 Å². The fraction of sp³-hybridized carbons (Fsp3) is 0.538. The summed E-state index contributed by atoms with van der Waals surface area (Å²) in [5, 5.41) is 0.791. The number of halogens is 2. The van der Waals surface area contributed by atoms with Crippen molar-refractivity contribution in [3.63, 3.8) is 0 Å². The van der Waals surface area contributed by atoms with E-state index in [-0.39, 0.29) is 0 Å². The van der Waals surface area contributed by atoms with Gasteiger partial charge in [0.2, 0.25) is 0 Å². The van der Waals surface area contributed by atoms with Gasteiger partial charge in [-0.15, -0.1) is 0 Å². The van der Waals surface area contributed by atoms with Gasteiger partial charge >= 0.3 is 0 Å². The lowest BCUT2D eigenvalue weighted by molar-refractivity contribution is 0.180. The highest BCUT2D eigenvalue weighted by Gasteiger charge is 2.17. The van der Waals surface area contributed by atoms with Gasteiger partial charge in [0.15, 0.2) is 0 Å². The first kappa shape index (κ1) is 13.3. The smallest absolute Gasteiger partial charge is 0.0551 e. The summed E-state index contributed by atoms with van der Waals surface area (Å²) in [6.45, 7) is 4.12. The largest absolute Gasteiger partial charge is 0.330 e. The molecule has 1 heterocycles. The molecule has 2 rings (SSSR count). The topological polar surface area (TPSA) is 29.3 Å². The van der Waals surface area contributed by atoms with Crippen LogP contribution in [0.3, 0.4) is 0 Å². The molecule has 1 aromatic rings. The minimum absolute atomic E-state index is 0.722. The molecule has 0 aliphatic carbocycles. The van der Waals surface area contributed by atoms with E-state index in [0.29, 0.717) is 0 Å². The summed E-state index contributed by atoms with van der Waals surface area (Å²) in [6.07, 6.45) is 2.45. The third-order valence-corrected chi connectivity index (χ3v) is 4.66. The van der Waals surface area contributed by atoms with Crippen LogP contribution in [0.4, 0.5) is 0 Å². The summed E-state index contributed by atoms with van der Waals surface area (Å²) in [5.41, 5.74) is 6.98. The second-order valence-electron chi connectivity index (χ2n) is 4.70. The standard InChI is InChI=1S/C13H18BrClN2/c14-12-2-1-11(7-13(12)15)9-17-5-3-10(8-16)4-6-17/h1-2,7,10H,3-6,8-9,16H2. The first-order chi connectivity index (χ1) is 8.19. The Hall–Kier alpha value is -0.0900. The van der Waals surface area contributed by atoms with Crippen LogP contribution in [0.2, 0.25) is 5.02 Å².